The largest absolute Gasteiger partial charge is 0.494 e. The average Bonchev–Trinajstić information content (AvgIpc) is 3.25. The summed E-state index contributed by atoms with van der Waals surface area (Å²) in [6.07, 6.45) is 3.68. The third-order valence-corrected chi connectivity index (χ3v) is 3.51. The molecule has 0 aromatic heterocycles. The first-order chi connectivity index (χ1) is 10.8. The molecule has 2 heterocycles. The highest BCUT2D eigenvalue weighted by atomic mass is 16.5. The van der Waals surface area contributed by atoms with Gasteiger partial charge < -0.3 is 19.7 Å². The summed E-state index contributed by atoms with van der Waals surface area (Å²) in [6, 6.07) is 3.73. The summed E-state index contributed by atoms with van der Waals surface area (Å²) in [5, 5.41) is 18.0. The summed E-state index contributed by atoms with van der Waals surface area (Å²) in [4.78, 5) is 2.03. The van der Waals surface area contributed by atoms with E-state index in [4.69, 9.17) is 9.47 Å². The number of nitrogens with one attached hydrogen (secondary N) is 3. The molecule has 0 amide bonds. The molecule has 1 saturated heterocycles. The molecular formula is C14H20N6O2. The van der Waals surface area contributed by atoms with Gasteiger partial charge in [-0.25, -0.2) is 0 Å². The van der Waals surface area contributed by atoms with Crippen LogP contribution in [-0.4, -0.2) is 40.3 Å². The molecule has 0 unspecified atom stereocenters. The van der Waals surface area contributed by atoms with Gasteiger partial charge in [-0.15, -0.1) is 5.11 Å². The Morgan fingerprint density at radius 3 is 2.55 bits per heavy atom. The highest BCUT2D eigenvalue weighted by Crippen LogP contribution is 2.40. The predicted molar refractivity (Wildman–Crippen MR) is 83.5 cm³/mol. The van der Waals surface area contributed by atoms with Gasteiger partial charge in [-0.05, 0) is 0 Å². The van der Waals surface area contributed by atoms with E-state index < -0.39 is 0 Å². The predicted octanol–water partition coefficient (Wildman–Crippen LogP) is 1.10. The van der Waals surface area contributed by atoms with E-state index in [0.717, 1.165) is 24.5 Å². The van der Waals surface area contributed by atoms with Crippen molar-refractivity contribution < 1.29 is 9.47 Å². The van der Waals surface area contributed by atoms with E-state index in [1.165, 1.54) is 0 Å². The van der Waals surface area contributed by atoms with Gasteiger partial charge in [0.1, 0.15) is 17.2 Å². The second kappa shape index (κ2) is 6.63. The summed E-state index contributed by atoms with van der Waals surface area (Å²) in [6.45, 7) is 2.46. The van der Waals surface area contributed by atoms with Crippen LogP contribution in [0.25, 0.3) is 0 Å². The molecule has 2 aliphatic heterocycles. The smallest absolute Gasteiger partial charge is 0.174 e. The van der Waals surface area contributed by atoms with E-state index in [9.17, 15) is 0 Å². The SMILES string of the molecule is COc1cc(N2C=CNC2)c(OC)cc1N=NC1NCCN1. The first-order valence-corrected chi connectivity index (χ1v) is 7.12. The molecule has 0 bridgehead atoms. The Morgan fingerprint density at radius 1 is 1.14 bits per heavy atom. The summed E-state index contributed by atoms with van der Waals surface area (Å²) < 4.78 is 10.9. The minimum absolute atomic E-state index is 0.152. The Balaban J connectivity index is 1.90. The monoisotopic (exact) mass is 304 g/mol. The molecular weight excluding hydrogens is 284 g/mol. The molecule has 0 atom stereocenters. The van der Waals surface area contributed by atoms with Crippen LogP contribution in [0.5, 0.6) is 11.5 Å². The summed E-state index contributed by atoms with van der Waals surface area (Å²) in [5.41, 5.74) is 1.55. The van der Waals surface area contributed by atoms with Crippen molar-refractivity contribution in [1.29, 1.82) is 0 Å². The lowest BCUT2D eigenvalue weighted by Gasteiger charge is -2.20. The van der Waals surface area contributed by atoms with Crippen LogP contribution in [0.4, 0.5) is 11.4 Å². The van der Waals surface area contributed by atoms with Gasteiger partial charge >= 0.3 is 0 Å². The number of ether oxygens (including phenoxy) is 2. The number of anilines is 1. The first-order valence-electron chi connectivity index (χ1n) is 7.12. The van der Waals surface area contributed by atoms with Crippen molar-refractivity contribution in [3.8, 4) is 11.5 Å². The molecule has 3 rings (SSSR count). The maximum atomic E-state index is 5.48. The minimum Gasteiger partial charge on any atom is -0.494 e. The van der Waals surface area contributed by atoms with Gasteiger partial charge in [0.25, 0.3) is 0 Å². The van der Waals surface area contributed by atoms with Crippen molar-refractivity contribution in [3.63, 3.8) is 0 Å². The molecule has 2 aliphatic rings. The quantitative estimate of drug-likeness (QED) is 0.707. The van der Waals surface area contributed by atoms with Crippen molar-refractivity contribution in [3.05, 3.63) is 24.5 Å². The second-order valence-electron chi connectivity index (χ2n) is 4.87. The topological polar surface area (TPSA) is 82.5 Å². The molecule has 0 spiro atoms. The highest BCUT2D eigenvalue weighted by Gasteiger charge is 2.17. The van der Waals surface area contributed by atoms with Crippen LogP contribution >= 0.6 is 0 Å². The molecule has 1 aromatic carbocycles. The third kappa shape index (κ3) is 2.97. The van der Waals surface area contributed by atoms with Crippen molar-refractivity contribution in [2.75, 3.05) is 38.9 Å². The normalized spacial score (nSPS) is 18.2. The molecule has 8 heteroatoms. The molecule has 0 aliphatic carbocycles. The van der Waals surface area contributed by atoms with Crippen LogP contribution in [0.1, 0.15) is 0 Å². The zero-order valence-corrected chi connectivity index (χ0v) is 12.7. The van der Waals surface area contributed by atoms with Crippen molar-refractivity contribution in [2.24, 2.45) is 10.2 Å². The van der Waals surface area contributed by atoms with Gasteiger partial charge in [0.15, 0.2) is 6.29 Å². The summed E-state index contributed by atoms with van der Waals surface area (Å²) in [5.74, 6) is 1.37. The number of rotatable bonds is 5. The molecule has 1 fully saturated rings. The number of hydrogen-bond acceptors (Lipinski definition) is 8. The average molecular weight is 304 g/mol. The van der Waals surface area contributed by atoms with Crippen LogP contribution in [0.3, 0.4) is 0 Å². The van der Waals surface area contributed by atoms with Crippen molar-refractivity contribution in [2.45, 2.75) is 6.29 Å². The van der Waals surface area contributed by atoms with Gasteiger partial charge in [0, 0.05) is 37.6 Å². The van der Waals surface area contributed by atoms with Gasteiger partial charge in [-0.1, -0.05) is 0 Å². The standard InChI is InChI=1S/C14H20N6O2/c1-21-12-8-11(20-6-5-15-9-20)13(22-2)7-10(12)18-19-14-16-3-4-17-14/h5-8,14-17H,3-4,9H2,1-2H3. The van der Waals surface area contributed by atoms with Gasteiger partial charge in [0.05, 0.1) is 26.6 Å². The van der Waals surface area contributed by atoms with E-state index in [0.29, 0.717) is 18.1 Å². The molecule has 0 radical (unpaired) electrons. The van der Waals surface area contributed by atoms with Crippen LogP contribution in [0.15, 0.2) is 34.8 Å². The number of benzene rings is 1. The number of azo groups is 1. The van der Waals surface area contributed by atoms with Crippen LogP contribution in [0.2, 0.25) is 0 Å². The maximum absolute atomic E-state index is 5.48. The molecule has 0 saturated carbocycles. The Bertz CT molecular complexity index is 583. The van der Waals surface area contributed by atoms with Gasteiger partial charge in [0.2, 0.25) is 0 Å². The summed E-state index contributed by atoms with van der Waals surface area (Å²) >= 11 is 0. The minimum atomic E-state index is -0.152. The maximum Gasteiger partial charge on any atom is 0.174 e. The van der Waals surface area contributed by atoms with E-state index >= 15 is 0 Å². The van der Waals surface area contributed by atoms with Crippen LogP contribution in [-0.2, 0) is 0 Å². The van der Waals surface area contributed by atoms with E-state index in [1.54, 1.807) is 14.2 Å². The molecule has 118 valence electrons. The Labute approximate surface area is 129 Å². The zero-order chi connectivity index (χ0) is 15.4. The number of nitrogens with zero attached hydrogens (tertiary/aromatic N) is 3. The van der Waals surface area contributed by atoms with E-state index in [2.05, 4.69) is 26.2 Å². The third-order valence-electron chi connectivity index (χ3n) is 3.51. The fourth-order valence-electron chi connectivity index (χ4n) is 2.37. The highest BCUT2D eigenvalue weighted by molar-refractivity contribution is 5.71. The fraction of sp³-hybridized carbons (Fsp3) is 0.429. The van der Waals surface area contributed by atoms with Crippen molar-refractivity contribution >= 4 is 11.4 Å². The van der Waals surface area contributed by atoms with E-state index in [-0.39, 0.29) is 6.29 Å². The summed E-state index contributed by atoms with van der Waals surface area (Å²) in [7, 11) is 3.26. The van der Waals surface area contributed by atoms with Crippen LogP contribution < -0.4 is 30.3 Å². The fourth-order valence-corrected chi connectivity index (χ4v) is 2.37. The lowest BCUT2D eigenvalue weighted by molar-refractivity contribution is 0.404. The molecule has 1 aromatic rings. The second-order valence-corrected chi connectivity index (χ2v) is 4.87. The van der Waals surface area contributed by atoms with Gasteiger partial charge in [-0.2, -0.15) is 5.11 Å². The first kappa shape index (κ1) is 14.6. The van der Waals surface area contributed by atoms with Gasteiger partial charge in [-0.3, -0.25) is 10.6 Å². The Hall–Kier alpha value is -2.32. The van der Waals surface area contributed by atoms with Crippen molar-refractivity contribution in [1.82, 2.24) is 16.0 Å². The lowest BCUT2D eigenvalue weighted by Crippen LogP contribution is -2.27. The zero-order valence-electron chi connectivity index (χ0n) is 12.7. The number of hydrogen-bond donors (Lipinski definition) is 3. The Morgan fingerprint density at radius 2 is 1.91 bits per heavy atom. The Kier molecular flexibility index (Phi) is 4.40. The molecule has 8 nitrogen and oxygen atoms in total. The molecule has 3 N–H and O–H groups in total. The lowest BCUT2D eigenvalue weighted by atomic mass is 10.2. The number of methoxy groups -OCH3 is 2. The van der Waals surface area contributed by atoms with Crippen LogP contribution in [0, 0.1) is 0 Å². The van der Waals surface area contributed by atoms with E-state index in [1.807, 2.05) is 29.4 Å². The molecule has 22 heavy (non-hydrogen) atoms.